The molecule has 0 saturated heterocycles. The molecule has 0 aliphatic heterocycles. The van der Waals surface area contributed by atoms with Gasteiger partial charge in [0.1, 0.15) is 6.61 Å². The van der Waals surface area contributed by atoms with Gasteiger partial charge in [-0.25, -0.2) is 4.79 Å². The number of carbonyl (C=O) groups is 2. The van der Waals surface area contributed by atoms with Crippen LogP contribution in [-0.4, -0.2) is 65.9 Å². The number of oxime groups is 1. The van der Waals surface area contributed by atoms with Crippen LogP contribution in [-0.2, 0) is 25.3 Å². The first-order valence-electron chi connectivity index (χ1n) is 9.21. The fourth-order valence-corrected chi connectivity index (χ4v) is 2.06. The van der Waals surface area contributed by atoms with Gasteiger partial charge < -0.3 is 30.6 Å². The molecule has 0 aliphatic carbocycles. The molecule has 1 aromatic rings. The van der Waals surface area contributed by atoms with Crippen molar-refractivity contribution in [2.24, 2.45) is 10.9 Å². The molecule has 0 aromatic heterocycles. The summed E-state index contributed by atoms with van der Waals surface area (Å²) in [7, 11) is 1.62. The topological polar surface area (TPSA) is 152 Å². The molecule has 31 heavy (non-hydrogen) atoms. The van der Waals surface area contributed by atoms with Crippen LogP contribution in [0.3, 0.4) is 0 Å². The van der Waals surface area contributed by atoms with Gasteiger partial charge in [-0.05, 0) is 37.0 Å². The molecule has 0 amide bonds. The molecule has 5 N–H and O–H groups in total. The molecule has 0 bridgehead atoms. The number of aliphatic hydroxyl groups excluding tert-OH is 1. The number of rotatable bonds is 12. The van der Waals surface area contributed by atoms with Crippen molar-refractivity contribution in [3.63, 3.8) is 0 Å². The lowest BCUT2D eigenvalue weighted by molar-refractivity contribution is -0.152. The Labute approximate surface area is 177 Å². The van der Waals surface area contributed by atoms with E-state index in [1.807, 2.05) is 0 Å². The van der Waals surface area contributed by atoms with E-state index < -0.39 is 36.2 Å². The zero-order chi connectivity index (χ0) is 23.9. The second-order valence-electron chi connectivity index (χ2n) is 6.14. The first-order chi connectivity index (χ1) is 14.5. The number of hydrogen-bond acceptors (Lipinski definition) is 7. The van der Waals surface area contributed by atoms with E-state index in [9.17, 15) is 22.8 Å². The average molecular weight is 452 g/mol. The number of carboxylic acid groups (broad SMARTS) is 2. The van der Waals surface area contributed by atoms with E-state index in [4.69, 9.17) is 30.6 Å². The zero-order valence-electron chi connectivity index (χ0n) is 17.0. The minimum Gasteiger partial charge on any atom is -0.481 e. The maximum absolute atomic E-state index is 12.6. The lowest BCUT2D eigenvalue weighted by Crippen LogP contribution is -2.22. The Kier molecular flexibility index (Phi) is 13.8. The highest BCUT2D eigenvalue weighted by molar-refractivity contribution is 6.00. The number of alkyl halides is 3. The van der Waals surface area contributed by atoms with Crippen LogP contribution in [0.2, 0.25) is 0 Å². The first kappa shape index (κ1) is 28.3. The summed E-state index contributed by atoms with van der Waals surface area (Å²) < 4.78 is 42.7. The summed E-state index contributed by atoms with van der Waals surface area (Å²) in [6, 6.07) is 4.90. The highest BCUT2D eigenvalue weighted by Gasteiger charge is 2.30. The van der Waals surface area contributed by atoms with Gasteiger partial charge in [-0.2, -0.15) is 13.2 Å². The Morgan fingerprint density at radius 2 is 1.74 bits per heavy atom. The summed E-state index contributed by atoms with van der Waals surface area (Å²) in [6.07, 6.45) is -4.64. The van der Waals surface area contributed by atoms with E-state index in [2.05, 4.69) is 5.16 Å². The lowest BCUT2D eigenvalue weighted by atomic mass is 10.0. The summed E-state index contributed by atoms with van der Waals surface area (Å²) >= 11 is 0. The van der Waals surface area contributed by atoms with Crippen molar-refractivity contribution < 1.29 is 47.7 Å². The Morgan fingerprint density at radius 1 is 1.13 bits per heavy atom. The second kappa shape index (κ2) is 15.2. The number of hydrogen-bond donors (Lipinski definition) is 4. The Morgan fingerprint density at radius 3 is 2.16 bits per heavy atom. The molecule has 1 rings (SSSR count). The van der Waals surface area contributed by atoms with Crippen LogP contribution in [0.15, 0.2) is 29.4 Å². The maximum atomic E-state index is 12.6. The summed E-state index contributed by atoms with van der Waals surface area (Å²) in [4.78, 5) is 24.5. The van der Waals surface area contributed by atoms with Crippen LogP contribution < -0.4 is 5.73 Å². The largest absolute Gasteiger partial charge is 0.481 e. The fourth-order valence-electron chi connectivity index (χ4n) is 2.06. The van der Waals surface area contributed by atoms with Gasteiger partial charge in [-0.15, -0.1) is 0 Å². The number of halogens is 3. The maximum Gasteiger partial charge on any atom is 0.416 e. The standard InChI is InChI=1S/C15H21F3N2O2.C4H6O5/c1-21-10-3-2-4-14(20-22-11-9-19)12-5-7-13(8-6-12)15(16,17)18;5-2(4(8)9)1-3(6)7/h5-8H,2-4,9-11,19H2,1H3;2,5H,1H2,(H,6,7)(H,8,9)/b20-14+;. The van der Waals surface area contributed by atoms with Gasteiger partial charge in [-0.3, -0.25) is 4.79 Å². The number of methoxy groups -OCH3 is 1. The van der Waals surface area contributed by atoms with Crippen LogP contribution in [0.4, 0.5) is 13.2 Å². The van der Waals surface area contributed by atoms with Gasteiger partial charge in [0.25, 0.3) is 0 Å². The summed E-state index contributed by atoms with van der Waals surface area (Å²) in [6.45, 7) is 1.22. The Hall–Kier alpha value is -2.70. The number of carboxylic acids is 2. The van der Waals surface area contributed by atoms with Gasteiger partial charge in [0.05, 0.1) is 17.7 Å². The molecule has 9 nitrogen and oxygen atoms in total. The van der Waals surface area contributed by atoms with Crippen LogP contribution in [0.5, 0.6) is 0 Å². The molecule has 0 heterocycles. The molecule has 12 heteroatoms. The molecule has 1 unspecified atom stereocenters. The molecule has 0 spiro atoms. The van der Waals surface area contributed by atoms with Crippen molar-refractivity contribution in [2.45, 2.75) is 38.0 Å². The number of nitrogens with two attached hydrogens (primary N) is 1. The normalized spacial score (nSPS) is 12.5. The van der Waals surface area contributed by atoms with Crippen molar-refractivity contribution in [1.29, 1.82) is 0 Å². The van der Waals surface area contributed by atoms with Crippen molar-refractivity contribution in [2.75, 3.05) is 26.9 Å². The summed E-state index contributed by atoms with van der Waals surface area (Å²) in [5, 5.41) is 28.1. The number of benzene rings is 1. The minimum absolute atomic E-state index is 0.266. The molecule has 0 radical (unpaired) electrons. The highest BCUT2D eigenvalue weighted by atomic mass is 19.4. The molecule has 1 atom stereocenters. The molecular weight excluding hydrogens is 425 g/mol. The third-order valence-corrected chi connectivity index (χ3v) is 3.59. The van der Waals surface area contributed by atoms with Crippen LogP contribution in [0.25, 0.3) is 0 Å². The van der Waals surface area contributed by atoms with Crippen LogP contribution >= 0.6 is 0 Å². The van der Waals surface area contributed by atoms with E-state index in [0.29, 0.717) is 30.8 Å². The third kappa shape index (κ3) is 13.3. The van der Waals surface area contributed by atoms with Crippen molar-refractivity contribution in [3.05, 3.63) is 35.4 Å². The average Bonchev–Trinajstić information content (AvgIpc) is 2.69. The number of ether oxygens (including phenoxy) is 1. The Balaban J connectivity index is 0.000000842. The van der Waals surface area contributed by atoms with Crippen molar-refractivity contribution in [3.8, 4) is 0 Å². The van der Waals surface area contributed by atoms with E-state index in [-0.39, 0.29) is 6.61 Å². The molecule has 1 aromatic carbocycles. The second-order valence-corrected chi connectivity index (χ2v) is 6.14. The van der Waals surface area contributed by atoms with E-state index in [0.717, 1.165) is 25.0 Å². The van der Waals surface area contributed by atoms with Crippen molar-refractivity contribution in [1.82, 2.24) is 0 Å². The van der Waals surface area contributed by atoms with Gasteiger partial charge >= 0.3 is 18.1 Å². The van der Waals surface area contributed by atoms with Gasteiger partial charge in [0.15, 0.2) is 6.10 Å². The Bertz CT molecular complexity index is 695. The summed E-state index contributed by atoms with van der Waals surface area (Å²) in [5.41, 5.74) is 5.87. The SMILES string of the molecule is COCCCC/C(=N\OCCN)c1ccc(C(F)(F)F)cc1.O=C(O)CC(O)C(=O)O. The van der Waals surface area contributed by atoms with Gasteiger partial charge in [-0.1, -0.05) is 17.3 Å². The smallest absolute Gasteiger partial charge is 0.416 e. The number of aliphatic hydroxyl groups is 1. The molecule has 0 aliphatic rings. The molecular formula is C19H27F3N2O7. The lowest BCUT2D eigenvalue weighted by Gasteiger charge is -2.10. The van der Waals surface area contributed by atoms with Crippen LogP contribution in [0, 0.1) is 0 Å². The van der Waals surface area contributed by atoms with Crippen LogP contribution in [0.1, 0.15) is 36.8 Å². The molecule has 0 fully saturated rings. The number of unbranched alkanes of at least 4 members (excludes halogenated alkanes) is 1. The van der Waals surface area contributed by atoms with Crippen molar-refractivity contribution >= 4 is 17.7 Å². The van der Waals surface area contributed by atoms with Gasteiger partial charge in [0, 0.05) is 20.3 Å². The highest BCUT2D eigenvalue weighted by Crippen LogP contribution is 2.29. The van der Waals surface area contributed by atoms with E-state index >= 15 is 0 Å². The minimum atomic E-state index is -4.34. The number of aliphatic carboxylic acids is 2. The first-order valence-corrected chi connectivity index (χ1v) is 9.21. The van der Waals surface area contributed by atoms with E-state index in [1.165, 1.54) is 12.1 Å². The van der Waals surface area contributed by atoms with E-state index in [1.54, 1.807) is 7.11 Å². The zero-order valence-corrected chi connectivity index (χ0v) is 17.0. The quantitative estimate of drug-likeness (QED) is 0.214. The predicted octanol–water partition coefficient (Wildman–Crippen LogP) is 2.11. The monoisotopic (exact) mass is 452 g/mol. The predicted molar refractivity (Wildman–Crippen MR) is 105 cm³/mol. The third-order valence-electron chi connectivity index (χ3n) is 3.59. The molecule has 176 valence electrons. The number of nitrogens with zero attached hydrogens (tertiary/aromatic N) is 1. The van der Waals surface area contributed by atoms with Gasteiger partial charge in [0.2, 0.25) is 0 Å². The fraction of sp³-hybridized carbons (Fsp3) is 0.526. The molecule has 0 saturated carbocycles. The summed E-state index contributed by atoms with van der Waals surface area (Å²) in [5.74, 6) is -2.85.